The van der Waals surface area contributed by atoms with Crippen LogP contribution >= 0.6 is 0 Å². The molecule has 1 aliphatic heterocycles. The summed E-state index contributed by atoms with van der Waals surface area (Å²) in [5.74, 6) is 1.55. The summed E-state index contributed by atoms with van der Waals surface area (Å²) in [6, 6.07) is 24.7. The largest absolute Gasteiger partial charge is 0.457 e. The van der Waals surface area contributed by atoms with Crippen LogP contribution in [0.25, 0.3) is 0 Å². The third kappa shape index (κ3) is 5.74. The van der Waals surface area contributed by atoms with Crippen LogP contribution in [0, 0.1) is 0 Å². The van der Waals surface area contributed by atoms with Crippen molar-refractivity contribution in [1.82, 2.24) is 4.90 Å². The quantitative estimate of drug-likeness (QED) is 0.563. The molecule has 0 spiro atoms. The molecule has 3 aromatic rings. The monoisotopic (exact) mass is 429 g/mol. The molecule has 32 heavy (non-hydrogen) atoms. The minimum absolute atomic E-state index is 0.0269. The number of nitrogens with zero attached hydrogens (tertiary/aromatic N) is 2. The van der Waals surface area contributed by atoms with Crippen molar-refractivity contribution in [3.63, 3.8) is 0 Å². The summed E-state index contributed by atoms with van der Waals surface area (Å²) in [6.07, 6.45) is 0. The van der Waals surface area contributed by atoms with Gasteiger partial charge in [0.25, 0.3) is 0 Å². The van der Waals surface area contributed by atoms with Crippen molar-refractivity contribution in [3.05, 3.63) is 84.4 Å². The van der Waals surface area contributed by atoms with E-state index in [-0.39, 0.29) is 11.7 Å². The van der Waals surface area contributed by atoms with E-state index in [2.05, 4.69) is 15.1 Å². The Bertz CT molecular complexity index is 1040. The second-order valence-electron chi connectivity index (χ2n) is 7.85. The fraction of sp³-hybridized carbons (Fsp3) is 0.231. The van der Waals surface area contributed by atoms with Crippen LogP contribution in [0.1, 0.15) is 17.3 Å². The van der Waals surface area contributed by atoms with E-state index in [1.807, 2.05) is 78.9 Å². The lowest BCUT2D eigenvalue weighted by Crippen LogP contribution is -2.48. The molecule has 6 nitrogen and oxygen atoms in total. The number of piperazine rings is 1. The molecular formula is C26H27N3O3. The van der Waals surface area contributed by atoms with Crippen molar-refractivity contribution < 1.29 is 14.3 Å². The summed E-state index contributed by atoms with van der Waals surface area (Å²) in [6.45, 7) is 5.25. The Balaban J connectivity index is 1.23. The van der Waals surface area contributed by atoms with Gasteiger partial charge in [0.15, 0.2) is 5.78 Å². The van der Waals surface area contributed by atoms with Crippen LogP contribution in [0.15, 0.2) is 78.9 Å². The maximum atomic E-state index is 12.5. The van der Waals surface area contributed by atoms with Gasteiger partial charge >= 0.3 is 0 Å². The van der Waals surface area contributed by atoms with Gasteiger partial charge in [-0.25, -0.2) is 0 Å². The van der Waals surface area contributed by atoms with E-state index in [0.29, 0.717) is 6.54 Å². The molecule has 1 amide bonds. The molecule has 1 heterocycles. The maximum Gasteiger partial charge on any atom is 0.238 e. The number of hydrogen-bond acceptors (Lipinski definition) is 5. The molecule has 0 radical (unpaired) electrons. The smallest absolute Gasteiger partial charge is 0.238 e. The van der Waals surface area contributed by atoms with Crippen LogP contribution in [-0.2, 0) is 4.79 Å². The van der Waals surface area contributed by atoms with Crippen molar-refractivity contribution in [2.75, 3.05) is 42.9 Å². The number of amides is 1. The van der Waals surface area contributed by atoms with Crippen LogP contribution in [0.3, 0.4) is 0 Å². The molecule has 164 valence electrons. The molecule has 6 heteroatoms. The topological polar surface area (TPSA) is 61.9 Å². The van der Waals surface area contributed by atoms with E-state index < -0.39 is 0 Å². The zero-order chi connectivity index (χ0) is 22.3. The van der Waals surface area contributed by atoms with Gasteiger partial charge in [0.1, 0.15) is 11.5 Å². The Hall–Kier alpha value is -3.64. The summed E-state index contributed by atoms with van der Waals surface area (Å²) >= 11 is 0. The Morgan fingerprint density at radius 2 is 1.44 bits per heavy atom. The SMILES string of the molecule is CC(=O)c1ccc(N2CCN(CC(=O)Nc3ccc(Oc4ccccc4)cc3)CC2)cc1. The molecule has 0 saturated carbocycles. The molecule has 1 N–H and O–H groups in total. The third-order valence-corrected chi connectivity index (χ3v) is 5.50. The van der Waals surface area contributed by atoms with Gasteiger partial charge < -0.3 is 15.0 Å². The zero-order valence-corrected chi connectivity index (χ0v) is 18.2. The summed E-state index contributed by atoms with van der Waals surface area (Å²) in [5, 5.41) is 2.96. The number of nitrogens with one attached hydrogen (secondary N) is 1. The van der Waals surface area contributed by atoms with Crippen LogP contribution in [-0.4, -0.2) is 49.3 Å². The number of hydrogen-bond donors (Lipinski definition) is 1. The van der Waals surface area contributed by atoms with Gasteiger partial charge in [-0.3, -0.25) is 14.5 Å². The van der Waals surface area contributed by atoms with Crippen LogP contribution in [0.5, 0.6) is 11.5 Å². The Morgan fingerprint density at radius 1 is 0.812 bits per heavy atom. The minimum atomic E-state index is -0.0269. The van der Waals surface area contributed by atoms with Gasteiger partial charge in [0.05, 0.1) is 6.54 Å². The van der Waals surface area contributed by atoms with E-state index in [0.717, 1.165) is 54.6 Å². The van der Waals surface area contributed by atoms with E-state index in [1.54, 1.807) is 6.92 Å². The first-order valence-corrected chi connectivity index (χ1v) is 10.8. The molecular weight excluding hydrogens is 402 g/mol. The van der Waals surface area contributed by atoms with Crippen molar-refractivity contribution in [2.24, 2.45) is 0 Å². The number of carbonyl (C=O) groups is 2. The lowest BCUT2D eigenvalue weighted by atomic mass is 10.1. The van der Waals surface area contributed by atoms with Crippen LogP contribution in [0.2, 0.25) is 0 Å². The van der Waals surface area contributed by atoms with E-state index in [9.17, 15) is 9.59 Å². The standard InChI is InChI=1S/C26H27N3O3/c1-20(30)21-7-11-23(12-8-21)29-17-15-28(16-18-29)19-26(31)27-22-9-13-25(14-10-22)32-24-5-3-2-4-6-24/h2-14H,15-19H2,1H3,(H,27,31). The van der Waals surface area contributed by atoms with Gasteiger partial charge in [-0.2, -0.15) is 0 Å². The van der Waals surface area contributed by atoms with Crippen molar-refractivity contribution >= 4 is 23.1 Å². The number of rotatable bonds is 7. The van der Waals surface area contributed by atoms with E-state index >= 15 is 0 Å². The first kappa shape index (κ1) is 21.6. The average molecular weight is 430 g/mol. The molecule has 0 aliphatic carbocycles. The highest BCUT2D eigenvalue weighted by molar-refractivity contribution is 5.94. The first-order valence-electron chi connectivity index (χ1n) is 10.8. The van der Waals surface area contributed by atoms with Crippen molar-refractivity contribution in [3.8, 4) is 11.5 Å². The second-order valence-corrected chi connectivity index (χ2v) is 7.85. The predicted molar refractivity (Wildman–Crippen MR) is 127 cm³/mol. The number of ketones is 1. The summed E-state index contributed by atoms with van der Waals surface area (Å²) < 4.78 is 5.78. The Kier molecular flexibility index (Phi) is 6.82. The minimum Gasteiger partial charge on any atom is -0.457 e. The lowest BCUT2D eigenvalue weighted by molar-refractivity contribution is -0.117. The highest BCUT2D eigenvalue weighted by atomic mass is 16.5. The Labute approximate surface area is 188 Å². The molecule has 0 aromatic heterocycles. The highest BCUT2D eigenvalue weighted by Crippen LogP contribution is 2.23. The van der Waals surface area contributed by atoms with Gasteiger partial charge in [-0.05, 0) is 67.6 Å². The predicted octanol–water partition coefficient (Wildman–Crippen LogP) is 4.44. The first-order chi connectivity index (χ1) is 15.6. The molecule has 1 saturated heterocycles. The lowest BCUT2D eigenvalue weighted by Gasteiger charge is -2.35. The fourth-order valence-electron chi connectivity index (χ4n) is 3.71. The normalized spacial score (nSPS) is 14.1. The molecule has 0 unspecified atom stereocenters. The zero-order valence-electron chi connectivity index (χ0n) is 18.2. The molecule has 1 aliphatic rings. The average Bonchev–Trinajstić information content (AvgIpc) is 2.81. The van der Waals surface area contributed by atoms with Gasteiger partial charge in [0, 0.05) is 43.1 Å². The molecule has 0 atom stereocenters. The number of carbonyl (C=O) groups excluding carboxylic acids is 2. The van der Waals surface area contributed by atoms with Gasteiger partial charge in [-0.15, -0.1) is 0 Å². The van der Waals surface area contributed by atoms with Crippen molar-refractivity contribution in [1.29, 1.82) is 0 Å². The third-order valence-electron chi connectivity index (χ3n) is 5.50. The van der Waals surface area contributed by atoms with E-state index in [4.69, 9.17) is 4.74 Å². The summed E-state index contributed by atoms with van der Waals surface area (Å²) in [7, 11) is 0. The van der Waals surface area contributed by atoms with Crippen LogP contribution in [0.4, 0.5) is 11.4 Å². The molecule has 4 rings (SSSR count). The number of anilines is 2. The fourth-order valence-corrected chi connectivity index (χ4v) is 3.71. The number of para-hydroxylation sites is 1. The molecule has 3 aromatic carbocycles. The Morgan fingerprint density at radius 3 is 2.06 bits per heavy atom. The van der Waals surface area contributed by atoms with E-state index in [1.165, 1.54) is 0 Å². The van der Waals surface area contributed by atoms with Crippen LogP contribution < -0.4 is 15.0 Å². The van der Waals surface area contributed by atoms with Gasteiger partial charge in [-0.1, -0.05) is 18.2 Å². The van der Waals surface area contributed by atoms with Crippen molar-refractivity contribution in [2.45, 2.75) is 6.92 Å². The second kappa shape index (κ2) is 10.1. The number of Topliss-reactive ketones (excluding diaryl/α,β-unsaturated/α-hetero) is 1. The summed E-state index contributed by atoms with van der Waals surface area (Å²) in [4.78, 5) is 28.4. The number of ether oxygens (including phenoxy) is 1. The van der Waals surface area contributed by atoms with Gasteiger partial charge in [0.2, 0.25) is 5.91 Å². The molecule has 1 fully saturated rings. The molecule has 0 bridgehead atoms. The highest BCUT2D eigenvalue weighted by Gasteiger charge is 2.19. The maximum absolute atomic E-state index is 12.5. The number of benzene rings is 3. The summed E-state index contributed by atoms with van der Waals surface area (Å²) in [5.41, 5.74) is 2.58.